The number of ether oxygens (including phenoxy) is 3. The van der Waals surface area contributed by atoms with Gasteiger partial charge >= 0.3 is 0 Å². The minimum atomic E-state index is -0.905. The van der Waals surface area contributed by atoms with Crippen molar-refractivity contribution in [3.8, 4) is 5.75 Å². The van der Waals surface area contributed by atoms with Crippen molar-refractivity contribution in [2.45, 2.75) is 37.4 Å². The highest BCUT2D eigenvalue weighted by Crippen LogP contribution is 2.44. The van der Waals surface area contributed by atoms with E-state index in [2.05, 4.69) is 6.58 Å². The first-order valence-electron chi connectivity index (χ1n) is 8.04. The molecule has 0 bridgehead atoms. The average molecular weight is 324 g/mol. The maximum atomic E-state index is 14.3. The molecule has 0 amide bonds. The second kappa shape index (κ2) is 6.57. The molecular formula is C18H22F2O3. The van der Waals surface area contributed by atoms with Gasteiger partial charge in [-0.25, -0.2) is 4.39 Å². The van der Waals surface area contributed by atoms with Crippen molar-refractivity contribution >= 4 is 0 Å². The van der Waals surface area contributed by atoms with E-state index in [0.29, 0.717) is 18.8 Å². The summed E-state index contributed by atoms with van der Waals surface area (Å²) in [5, 5.41) is 0. The third-order valence-electron chi connectivity index (χ3n) is 5.06. The summed E-state index contributed by atoms with van der Waals surface area (Å²) >= 11 is 0. The van der Waals surface area contributed by atoms with E-state index < -0.39 is 17.4 Å². The molecule has 1 saturated heterocycles. The molecule has 126 valence electrons. The Kier molecular flexibility index (Phi) is 4.69. The minimum absolute atomic E-state index is 0.00919. The summed E-state index contributed by atoms with van der Waals surface area (Å²) in [7, 11) is 1.33. The van der Waals surface area contributed by atoms with E-state index in [0.717, 1.165) is 25.7 Å². The Hall–Kier alpha value is -1.46. The van der Waals surface area contributed by atoms with Gasteiger partial charge in [0, 0.05) is 5.92 Å². The van der Waals surface area contributed by atoms with Crippen molar-refractivity contribution in [3.63, 3.8) is 0 Å². The molecule has 23 heavy (non-hydrogen) atoms. The molecule has 3 nitrogen and oxygen atoms in total. The van der Waals surface area contributed by atoms with Crippen LogP contribution in [0.3, 0.4) is 0 Å². The highest BCUT2D eigenvalue weighted by Gasteiger charge is 2.43. The van der Waals surface area contributed by atoms with Crippen LogP contribution in [0.5, 0.6) is 5.75 Å². The molecular weight excluding hydrogens is 302 g/mol. The van der Waals surface area contributed by atoms with Crippen LogP contribution in [0.1, 0.15) is 37.2 Å². The van der Waals surface area contributed by atoms with Crippen LogP contribution in [0.25, 0.3) is 0 Å². The Balaban J connectivity index is 1.72. The van der Waals surface area contributed by atoms with Gasteiger partial charge in [0.25, 0.3) is 0 Å². The average Bonchev–Trinajstić information content (AvgIpc) is 3.08. The van der Waals surface area contributed by atoms with Gasteiger partial charge in [-0.15, -0.1) is 0 Å². The third kappa shape index (κ3) is 2.88. The van der Waals surface area contributed by atoms with E-state index in [9.17, 15) is 8.78 Å². The molecule has 0 spiro atoms. The molecule has 0 unspecified atom stereocenters. The lowest BCUT2D eigenvalue weighted by molar-refractivity contribution is -0.164. The molecule has 1 heterocycles. The fourth-order valence-electron chi connectivity index (χ4n) is 3.79. The zero-order valence-corrected chi connectivity index (χ0v) is 13.3. The number of benzene rings is 1. The highest BCUT2D eigenvalue weighted by atomic mass is 19.2. The van der Waals surface area contributed by atoms with Crippen LogP contribution < -0.4 is 4.74 Å². The van der Waals surface area contributed by atoms with Crippen LogP contribution in [-0.4, -0.2) is 26.1 Å². The number of rotatable bonds is 4. The second-order valence-electron chi connectivity index (χ2n) is 6.16. The first-order valence-corrected chi connectivity index (χ1v) is 8.04. The standard InChI is InChI=1S/C18H22F2O3/c1-3-18(22-10-11-23-18)13-6-4-12(5-7-13)14-8-9-15(21-2)17(20)16(14)19/h3,8-9,12-13H,1,4-7,10-11H2,2H3/t12-,13-. The fourth-order valence-corrected chi connectivity index (χ4v) is 3.79. The molecule has 1 aromatic carbocycles. The quantitative estimate of drug-likeness (QED) is 0.778. The molecule has 3 rings (SSSR count). The summed E-state index contributed by atoms with van der Waals surface area (Å²) in [5.74, 6) is -2.23. The van der Waals surface area contributed by atoms with Crippen LogP contribution in [0, 0.1) is 17.6 Å². The first kappa shape index (κ1) is 16.4. The van der Waals surface area contributed by atoms with Crippen molar-refractivity contribution in [1.82, 2.24) is 0 Å². The number of hydrogen-bond donors (Lipinski definition) is 0. The molecule has 1 aromatic rings. The van der Waals surface area contributed by atoms with Gasteiger partial charge in [-0.05, 0) is 49.3 Å². The lowest BCUT2D eigenvalue weighted by Crippen LogP contribution is -2.39. The van der Waals surface area contributed by atoms with Gasteiger partial charge in [-0.3, -0.25) is 0 Å². The monoisotopic (exact) mass is 324 g/mol. The maximum Gasteiger partial charge on any atom is 0.200 e. The number of halogens is 2. The van der Waals surface area contributed by atoms with Crippen molar-refractivity contribution in [2.75, 3.05) is 20.3 Å². The SMILES string of the molecule is C=CC1([C@H]2CC[C@H](c3ccc(OC)c(F)c3F)CC2)OCCO1. The lowest BCUT2D eigenvalue weighted by atomic mass is 9.75. The van der Waals surface area contributed by atoms with E-state index in [1.165, 1.54) is 13.2 Å². The molecule has 2 fully saturated rings. The smallest absolute Gasteiger partial charge is 0.200 e. The highest BCUT2D eigenvalue weighted by molar-refractivity contribution is 5.33. The normalized spacial score (nSPS) is 26.9. The Bertz CT molecular complexity index is 574. The molecule has 0 radical (unpaired) electrons. The molecule has 2 aliphatic rings. The zero-order chi connectivity index (χ0) is 16.4. The molecule has 1 aliphatic heterocycles. The molecule has 1 aliphatic carbocycles. The van der Waals surface area contributed by atoms with Crippen molar-refractivity contribution in [2.24, 2.45) is 5.92 Å². The largest absolute Gasteiger partial charge is 0.494 e. The molecule has 5 heteroatoms. The predicted molar refractivity (Wildman–Crippen MR) is 82.4 cm³/mol. The van der Waals surface area contributed by atoms with Gasteiger partial charge in [-0.1, -0.05) is 12.6 Å². The Morgan fingerprint density at radius 3 is 2.35 bits per heavy atom. The number of hydrogen-bond acceptors (Lipinski definition) is 3. The van der Waals surface area contributed by atoms with Crippen LogP contribution in [0.15, 0.2) is 24.8 Å². The van der Waals surface area contributed by atoms with Gasteiger partial charge in [0.05, 0.1) is 20.3 Å². The van der Waals surface area contributed by atoms with Crippen molar-refractivity contribution in [3.05, 3.63) is 42.0 Å². The van der Waals surface area contributed by atoms with E-state index in [1.807, 2.05) is 0 Å². The summed E-state index contributed by atoms with van der Waals surface area (Å²) in [6, 6.07) is 3.13. The van der Waals surface area contributed by atoms with Gasteiger partial charge in [0.2, 0.25) is 5.82 Å². The van der Waals surface area contributed by atoms with E-state index in [1.54, 1.807) is 12.1 Å². The van der Waals surface area contributed by atoms with E-state index in [4.69, 9.17) is 14.2 Å². The van der Waals surface area contributed by atoms with Crippen molar-refractivity contribution in [1.29, 1.82) is 0 Å². The molecule has 0 N–H and O–H groups in total. The van der Waals surface area contributed by atoms with Gasteiger partial charge in [0.15, 0.2) is 17.4 Å². The van der Waals surface area contributed by atoms with E-state index in [-0.39, 0.29) is 17.6 Å². The molecule has 0 atom stereocenters. The lowest BCUT2D eigenvalue weighted by Gasteiger charge is -2.38. The summed E-state index contributed by atoms with van der Waals surface area (Å²) in [6.07, 6.45) is 4.96. The van der Waals surface area contributed by atoms with Gasteiger partial charge < -0.3 is 14.2 Å². The summed E-state index contributed by atoms with van der Waals surface area (Å²) in [5.41, 5.74) is 0.433. The van der Waals surface area contributed by atoms with Gasteiger partial charge in [0.1, 0.15) is 0 Å². The van der Waals surface area contributed by atoms with E-state index >= 15 is 0 Å². The Morgan fingerprint density at radius 1 is 1.13 bits per heavy atom. The summed E-state index contributed by atoms with van der Waals surface area (Å²) in [6.45, 7) is 4.99. The second-order valence-corrected chi connectivity index (χ2v) is 6.16. The predicted octanol–water partition coefficient (Wildman–Crippen LogP) is 4.18. The summed E-state index contributed by atoms with van der Waals surface area (Å²) in [4.78, 5) is 0. The van der Waals surface area contributed by atoms with Crippen LogP contribution in [0.4, 0.5) is 8.78 Å². The Labute approximate surface area is 135 Å². The number of methoxy groups -OCH3 is 1. The third-order valence-corrected chi connectivity index (χ3v) is 5.06. The topological polar surface area (TPSA) is 27.7 Å². The zero-order valence-electron chi connectivity index (χ0n) is 13.3. The molecule has 1 saturated carbocycles. The van der Waals surface area contributed by atoms with Gasteiger partial charge in [-0.2, -0.15) is 4.39 Å². The van der Waals surface area contributed by atoms with Crippen LogP contribution in [-0.2, 0) is 9.47 Å². The summed E-state index contributed by atoms with van der Waals surface area (Å²) < 4.78 is 44.5. The first-order chi connectivity index (χ1) is 11.1. The maximum absolute atomic E-state index is 14.3. The van der Waals surface area contributed by atoms with Crippen LogP contribution in [0.2, 0.25) is 0 Å². The fraction of sp³-hybridized carbons (Fsp3) is 0.556. The molecule has 0 aromatic heterocycles. The van der Waals surface area contributed by atoms with Crippen molar-refractivity contribution < 1.29 is 23.0 Å². The van der Waals surface area contributed by atoms with Crippen LogP contribution >= 0.6 is 0 Å². The Morgan fingerprint density at radius 2 is 1.78 bits per heavy atom. The minimum Gasteiger partial charge on any atom is -0.494 e.